The van der Waals surface area contributed by atoms with Gasteiger partial charge in [0.05, 0.1) is 6.54 Å². The van der Waals surface area contributed by atoms with Crippen molar-refractivity contribution in [3.05, 3.63) is 64.7 Å². The van der Waals surface area contributed by atoms with Crippen LogP contribution in [0.5, 0.6) is 0 Å². The highest BCUT2D eigenvalue weighted by Crippen LogP contribution is 2.24. The van der Waals surface area contributed by atoms with E-state index in [9.17, 15) is 13.6 Å². The van der Waals surface area contributed by atoms with Gasteiger partial charge in [0.15, 0.2) is 11.6 Å². The number of piperazine rings is 1. The summed E-state index contributed by atoms with van der Waals surface area (Å²) in [4.78, 5) is 16.7. The molecule has 0 radical (unpaired) electrons. The molecular weight excluding hydrogens is 360 g/mol. The molecule has 0 aliphatic carbocycles. The molecule has 0 aromatic heterocycles. The lowest BCUT2D eigenvalue weighted by Crippen LogP contribution is -2.51. The van der Waals surface area contributed by atoms with Gasteiger partial charge in [-0.15, -0.1) is 0 Å². The molecule has 0 bridgehead atoms. The van der Waals surface area contributed by atoms with Crippen LogP contribution < -0.4 is 10.2 Å². The normalized spacial score (nSPS) is 15.6. The highest BCUT2D eigenvalue weighted by Gasteiger charge is 2.22. The molecule has 1 heterocycles. The first kappa shape index (κ1) is 20.3. The van der Waals surface area contributed by atoms with Crippen molar-refractivity contribution in [2.45, 2.75) is 26.8 Å². The molecular formula is C22H27F2N3O. The van der Waals surface area contributed by atoms with Gasteiger partial charge in [0.2, 0.25) is 5.91 Å². The number of hydrogen-bond acceptors (Lipinski definition) is 3. The summed E-state index contributed by atoms with van der Waals surface area (Å²) < 4.78 is 26.4. The van der Waals surface area contributed by atoms with Crippen LogP contribution in [0.2, 0.25) is 0 Å². The number of halogens is 2. The predicted molar refractivity (Wildman–Crippen MR) is 107 cm³/mol. The van der Waals surface area contributed by atoms with Crippen LogP contribution >= 0.6 is 0 Å². The Morgan fingerprint density at radius 1 is 1.07 bits per heavy atom. The van der Waals surface area contributed by atoms with Gasteiger partial charge in [0, 0.05) is 37.9 Å². The third kappa shape index (κ3) is 4.50. The van der Waals surface area contributed by atoms with Crippen molar-refractivity contribution < 1.29 is 13.6 Å². The second-order valence-corrected chi connectivity index (χ2v) is 7.36. The summed E-state index contributed by atoms with van der Waals surface area (Å²) in [7, 11) is 0. The van der Waals surface area contributed by atoms with Crippen molar-refractivity contribution in [1.29, 1.82) is 0 Å². The average Bonchev–Trinajstić information content (AvgIpc) is 2.70. The number of rotatable bonds is 5. The molecule has 1 aliphatic rings. The van der Waals surface area contributed by atoms with Gasteiger partial charge in [-0.25, -0.2) is 8.78 Å². The lowest BCUT2D eigenvalue weighted by atomic mass is 10.1. The molecule has 2 aromatic rings. The van der Waals surface area contributed by atoms with Gasteiger partial charge < -0.3 is 15.1 Å². The van der Waals surface area contributed by atoms with Crippen LogP contribution in [-0.4, -0.2) is 43.5 Å². The van der Waals surface area contributed by atoms with Crippen LogP contribution in [0.4, 0.5) is 14.5 Å². The molecule has 0 unspecified atom stereocenters. The first-order chi connectivity index (χ1) is 13.4. The largest absolute Gasteiger partial charge is 0.368 e. The second kappa shape index (κ2) is 8.69. The maximum atomic E-state index is 13.4. The van der Waals surface area contributed by atoms with Gasteiger partial charge >= 0.3 is 0 Å². The van der Waals surface area contributed by atoms with Crippen molar-refractivity contribution in [3.63, 3.8) is 0 Å². The van der Waals surface area contributed by atoms with Gasteiger partial charge in [0.1, 0.15) is 0 Å². The Kier molecular flexibility index (Phi) is 6.29. The number of anilines is 1. The second-order valence-electron chi connectivity index (χ2n) is 7.36. The van der Waals surface area contributed by atoms with E-state index in [1.54, 1.807) is 0 Å². The molecule has 1 fully saturated rings. The van der Waals surface area contributed by atoms with Gasteiger partial charge in [-0.2, -0.15) is 0 Å². The third-order valence-electron chi connectivity index (χ3n) is 5.55. The van der Waals surface area contributed by atoms with Gasteiger partial charge in [-0.1, -0.05) is 18.2 Å². The Balaban J connectivity index is 1.51. The van der Waals surface area contributed by atoms with E-state index in [4.69, 9.17) is 0 Å². The lowest BCUT2D eigenvalue weighted by molar-refractivity contribution is -0.130. The fourth-order valence-electron chi connectivity index (χ4n) is 3.53. The number of amides is 1. The highest BCUT2D eigenvalue weighted by molar-refractivity contribution is 5.78. The molecule has 1 saturated heterocycles. The maximum absolute atomic E-state index is 13.4. The third-order valence-corrected chi connectivity index (χ3v) is 5.55. The van der Waals surface area contributed by atoms with Crippen molar-refractivity contribution >= 4 is 11.6 Å². The van der Waals surface area contributed by atoms with E-state index in [0.717, 1.165) is 19.2 Å². The highest BCUT2D eigenvalue weighted by atomic mass is 19.2. The SMILES string of the molecule is Cc1cccc(N2CCN(C(=O)CN[C@@H](C)c3ccc(F)c(F)c3)CC2)c1C. The van der Waals surface area contributed by atoms with Crippen LogP contribution in [0.3, 0.4) is 0 Å². The number of nitrogens with one attached hydrogen (secondary N) is 1. The standard InChI is InChI=1S/C22H27F2N3O/c1-15-5-4-6-21(16(15)2)26-9-11-27(12-10-26)22(28)14-25-17(3)18-7-8-19(23)20(24)13-18/h4-8,13,17,25H,9-12,14H2,1-3H3/t17-/m0/s1. The minimum absolute atomic E-state index is 0.0232. The summed E-state index contributed by atoms with van der Waals surface area (Å²) in [6, 6.07) is 9.87. The Morgan fingerprint density at radius 3 is 2.46 bits per heavy atom. The summed E-state index contributed by atoms with van der Waals surface area (Å²) in [5.41, 5.74) is 4.40. The monoisotopic (exact) mass is 387 g/mol. The van der Waals surface area contributed by atoms with Gasteiger partial charge in [-0.05, 0) is 55.7 Å². The minimum atomic E-state index is -0.875. The number of hydrogen-bond donors (Lipinski definition) is 1. The van der Waals surface area contributed by atoms with E-state index in [2.05, 4.69) is 42.3 Å². The summed E-state index contributed by atoms with van der Waals surface area (Å²) in [6.45, 7) is 9.19. The van der Waals surface area contributed by atoms with Crippen LogP contribution in [0, 0.1) is 25.5 Å². The Hall–Kier alpha value is -2.47. The molecule has 28 heavy (non-hydrogen) atoms. The summed E-state index contributed by atoms with van der Waals surface area (Å²) in [5.74, 6) is -1.72. The fraction of sp³-hybridized carbons (Fsp3) is 0.409. The number of benzene rings is 2. The molecule has 1 N–H and O–H groups in total. The van der Waals surface area contributed by atoms with Crippen LogP contribution in [-0.2, 0) is 4.79 Å². The first-order valence-electron chi connectivity index (χ1n) is 9.64. The molecule has 6 heteroatoms. The zero-order chi connectivity index (χ0) is 20.3. The van der Waals surface area contributed by atoms with E-state index >= 15 is 0 Å². The molecule has 1 atom stereocenters. The van der Waals surface area contributed by atoms with E-state index in [-0.39, 0.29) is 18.5 Å². The van der Waals surface area contributed by atoms with Gasteiger partial charge in [0.25, 0.3) is 0 Å². The molecule has 0 saturated carbocycles. The van der Waals surface area contributed by atoms with E-state index < -0.39 is 11.6 Å². The van der Waals surface area contributed by atoms with Crippen molar-refractivity contribution in [2.75, 3.05) is 37.6 Å². The Bertz CT molecular complexity index is 848. The Morgan fingerprint density at radius 2 is 1.79 bits per heavy atom. The number of carbonyl (C=O) groups is 1. The summed E-state index contributed by atoms with van der Waals surface area (Å²) in [6.07, 6.45) is 0. The summed E-state index contributed by atoms with van der Waals surface area (Å²) in [5, 5.41) is 3.11. The molecule has 4 nitrogen and oxygen atoms in total. The zero-order valence-corrected chi connectivity index (χ0v) is 16.6. The molecule has 150 valence electrons. The van der Waals surface area contributed by atoms with E-state index in [0.29, 0.717) is 18.7 Å². The number of carbonyl (C=O) groups excluding carboxylic acids is 1. The van der Waals surface area contributed by atoms with Gasteiger partial charge in [-0.3, -0.25) is 4.79 Å². The molecule has 1 aliphatic heterocycles. The number of nitrogens with zero attached hydrogens (tertiary/aromatic N) is 2. The lowest BCUT2D eigenvalue weighted by Gasteiger charge is -2.37. The maximum Gasteiger partial charge on any atom is 0.236 e. The van der Waals surface area contributed by atoms with Crippen molar-refractivity contribution in [2.24, 2.45) is 0 Å². The molecule has 0 spiro atoms. The fourth-order valence-corrected chi connectivity index (χ4v) is 3.53. The zero-order valence-electron chi connectivity index (χ0n) is 16.6. The van der Waals surface area contributed by atoms with Crippen LogP contribution in [0.25, 0.3) is 0 Å². The van der Waals surface area contributed by atoms with Crippen LogP contribution in [0.15, 0.2) is 36.4 Å². The Labute approximate surface area is 165 Å². The quantitative estimate of drug-likeness (QED) is 0.852. The first-order valence-corrected chi connectivity index (χ1v) is 9.64. The summed E-state index contributed by atoms with van der Waals surface area (Å²) >= 11 is 0. The number of aryl methyl sites for hydroxylation is 1. The molecule has 1 amide bonds. The molecule has 2 aromatic carbocycles. The van der Waals surface area contributed by atoms with Crippen molar-refractivity contribution in [3.8, 4) is 0 Å². The van der Waals surface area contributed by atoms with Crippen molar-refractivity contribution in [1.82, 2.24) is 10.2 Å². The van der Waals surface area contributed by atoms with Crippen LogP contribution in [0.1, 0.15) is 29.7 Å². The van der Waals surface area contributed by atoms with E-state index in [1.807, 2.05) is 11.8 Å². The average molecular weight is 387 g/mol. The van der Waals surface area contributed by atoms with E-state index in [1.165, 1.54) is 28.9 Å². The topological polar surface area (TPSA) is 35.6 Å². The minimum Gasteiger partial charge on any atom is -0.368 e. The molecule has 3 rings (SSSR count). The predicted octanol–water partition coefficient (Wildman–Crippen LogP) is 3.58. The smallest absolute Gasteiger partial charge is 0.236 e.